The van der Waals surface area contributed by atoms with Gasteiger partial charge in [0.25, 0.3) is 0 Å². The van der Waals surface area contributed by atoms with Crippen molar-refractivity contribution in [3.63, 3.8) is 0 Å². The lowest BCUT2D eigenvalue weighted by molar-refractivity contribution is 0.198. The van der Waals surface area contributed by atoms with E-state index in [0.717, 1.165) is 21.5 Å². The van der Waals surface area contributed by atoms with E-state index in [2.05, 4.69) is 15.9 Å². The summed E-state index contributed by atoms with van der Waals surface area (Å²) in [5.74, 6) is 1.55. The molecule has 0 aromatic heterocycles. The highest BCUT2D eigenvalue weighted by molar-refractivity contribution is 9.10. The molecule has 0 fully saturated rings. The Bertz CT molecular complexity index is 533. The number of rotatable bonds is 3. The van der Waals surface area contributed by atoms with Crippen LogP contribution < -0.4 is 4.74 Å². The molecule has 1 N–H and O–H groups in total. The third-order valence-electron chi connectivity index (χ3n) is 2.68. The summed E-state index contributed by atoms with van der Waals surface area (Å²) in [7, 11) is 0. The minimum absolute atomic E-state index is 0.493. The van der Waals surface area contributed by atoms with Gasteiger partial charge in [-0.15, -0.1) is 0 Å². The van der Waals surface area contributed by atoms with Crippen molar-refractivity contribution in [2.75, 3.05) is 0 Å². The predicted molar refractivity (Wildman–Crippen MR) is 76.0 cm³/mol. The van der Waals surface area contributed by atoms with E-state index in [1.54, 1.807) is 6.92 Å². The molecule has 94 valence electrons. The first kappa shape index (κ1) is 13.1. The Kier molecular flexibility index (Phi) is 4.04. The fourth-order valence-electron chi connectivity index (χ4n) is 1.65. The van der Waals surface area contributed by atoms with E-state index < -0.39 is 6.10 Å². The summed E-state index contributed by atoms with van der Waals surface area (Å²) >= 11 is 3.43. The molecule has 0 saturated carbocycles. The van der Waals surface area contributed by atoms with Crippen molar-refractivity contribution in [3.05, 3.63) is 58.1 Å². The van der Waals surface area contributed by atoms with Gasteiger partial charge in [-0.1, -0.05) is 39.7 Å². The van der Waals surface area contributed by atoms with Gasteiger partial charge in [-0.3, -0.25) is 0 Å². The van der Waals surface area contributed by atoms with Crippen LogP contribution >= 0.6 is 15.9 Å². The highest BCUT2D eigenvalue weighted by Crippen LogP contribution is 2.30. The van der Waals surface area contributed by atoms with E-state index in [-0.39, 0.29) is 0 Å². The van der Waals surface area contributed by atoms with Crippen molar-refractivity contribution in [2.45, 2.75) is 20.0 Å². The van der Waals surface area contributed by atoms with Crippen LogP contribution in [-0.4, -0.2) is 5.11 Å². The Morgan fingerprint density at radius 2 is 1.67 bits per heavy atom. The van der Waals surface area contributed by atoms with Crippen LogP contribution in [0.4, 0.5) is 0 Å². The van der Waals surface area contributed by atoms with E-state index in [9.17, 15) is 5.11 Å². The lowest BCUT2D eigenvalue weighted by atomic mass is 10.1. The second-order valence-electron chi connectivity index (χ2n) is 4.27. The molecule has 0 aliphatic carbocycles. The monoisotopic (exact) mass is 306 g/mol. The van der Waals surface area contributed by atoms with E-state index in [4.69, 9.17) is 4.74 Å². The number of aliphatic hydroxyl groups is 1. The van der Waals surface area contributed by atoms with Gasteiger partial charge in [0.2, 0.25) is 0 Å². The van der Waals surface area contributed by atoms with Gasteiger partial charge in [0, 0.05) is 4.47 Å². The van der Waals surface area contributed by atoms with Gasteiger partial charge < -0.3 is 9.84 Å². The van der Waals surface area contributed by atoms with Crippen molar-refractivity contribution >= 4 is 15.9 Å². The predicted octanol–water partition coefficient (Wildman–Crippen LogP) is 4.60. The van der Waals surface area contributed by atoms with Gasteiger partial charge in [0.15, 0.2) is 0 Å². The molecule has 0 amide bonds. The van der Waals surface area contributed by atoms with Crippen molar-refractivity contribution in [2.24, 2.45) is 0 Å². The third kappa shape index (κ3) is 3.12. The first-order valence-corrected chi connectivity index (χ1v) is 6.57. The first-order valence-electron chi connectivity index (χ1n) is 5.78. The highest BCUT2D eigenvalue weighted by Gasteiger charge is 2.07. The van der Waals surface area contributed by atoms with E-state index in [0.29, 0.717) is 0 Å². The second-order valence-corrected chi connectivity index (χ2v) is 5.13. The first-order chi connectivity index (χ1) is 8.56. The Labute approximate surface area is 115 Å². The molecule has 2 rings (SSSR count). The fraction of sp³-hybridized carbons (Fsp3) is 0.200. The summed E-state index contributed by atoms with van der Waals surface area (Å²) in [5, 5.41) is 9.54. The average molecular weight is 307 g/mol. The van der Waals surface area contributed by atoms with Crippen LogP contribution in [0.5, 0.6) is 11.5 Å². The van der Waals surface area contributed by atoms with Gasteiger partial charge in [0.05, 0.1) is 6.10 Å². The molecule has 0 spiro atoms. The van der Waals surface area contributed by atoms with E-state index in [1.807, 2.05) is 49.4 Å². The van der Waals surface area contributed by atoms with Crippen LogP contribution in [0.1, 0.15) is 24.2 Å². The minimum atomic E-state index is -0.493. The number of hydrogen-bond donors (Lipinski definition) is 1. The Morgan fingerprint density at radius 3 is 2.22 bits per heavy atom. The van der Waals surface area contributed by atoms with Crippen LogP contribution in [0.2, 0.25) is 0 Å². The summed E-state index contributed by atoms with van der Waals surface area (Å²) in [6.07, 6.45) is -0.493. The van der Waals surface area contributed by atoms with Gasteiger partial charge >= 0.3 is 0 Å². The number of aliphatic hydroxyl groups excluding tert-OH is 1. The zero-order valence-electron chi connectivity index (χ0n) is 10.4. The quantitative estimate of drug-likeness (QED) is 0.897. The maximum atomic E-state index is 9.54. The van der Waals surface area contributed by atoms with Crippen molar-refractivity contribution in [1.82, 2.24) is 0 Å². The summed E-state index contributed by atoms with van der Waals surface area (Å²) in [6, 6.07) is 13.5. The van der Waals surface area contributed by atoms with Crippen LogP contribution in [0.3, 0.4) is 0 Å². The SMILES string of the molecule is Cc1ccc(Oc2ccc([C@H](C)O)c(Br)c2)cc1. The molecule has 0 radical (unpaired) electrons. The number of ether oxygens (including phenoxy) is 1. The number of aryl methyl sites for hydroxylation is 1. The van der Waals surface area contributed by atoms with Gasteiger partial charge in [-0.2, -0.15) is 0 Å². The molecule has 0 unspecified atom stereocenters. The molecular formula is C15H15BrO2. The fourth-order valence-corrected chi connectivity index (χ4v) is 2.34. The molecule has 3 heteroatoms. The molecule has 0 aliphatic rings. The standard InChI is InChI=1S/C15H15BrO2/c1-10-3-5-12(6-4-10)18-13-7-8-14(11(2)17)15(16)9-13/h3-9,11,17H,1-2H3/t11-/m0/s1. The summed E-state index contributed by atoms with van der Waals surface area (Å²) in [6.45, 7) is 3.78. The Balaban J connectivity index is 2.20. The smallest absolute Gasteiger partial charge is 0.128 e. The molecule has 0 saturated heterocycles. The average Bonchev–Trinajstić information content (AvgIpc) is 2.32. The summed E-state index contributed by atoms with van der Waals surface area (Å²) in [4.78, 5) is 0. The number of halogens is 1. The molecule has 1 atom stereocenters. The van der Waals surface area contributed by atoms with Gasteiger partial charge in [-0.05, 0) is 43.7 Å². The van der Waals surface area contributed by atoms with Crippen molar-refractivity contribution in [1.29, 1.82) is 0 Å². The molecule has 0 aliphatic heterocycles. The molecule has 0 heterocycles. The molecule has 2 aromatic rings. The maximum absolute atomic E-state index is 9.54. The maximum Gasteiger partial charge on any atom is 0.128 e. The van der Waals surface area contributed by atoms with E-state index >= 15 is 0 Å². The number of hydrogen-bond acceptors (Lipinski definition) is 2. The highest BCUT2D eigenvalue weighted by atomic mass is 79.9. The topological polar surface area (TPSA) is 29.5 Å². The van der Waals surface area contributed by atoms with Crippen molar-refractivity contribution in [3.8, 4) is 11.5 Å². The van der Waals surface area contributed by atoms with Crippen LogP contribution in [0.15, 0.2) is 46.9 Å². The molecule has 0 bridgehead atoms. The van der Waals surface area contributed by atoms with Gasteiger partial charge in [-0.25, -0.2) is 0 Å². The van der Waals surface area contributed by atoms with Gasteiger partial charge in [0.1, 0.15) is 11.5 Å². The largest absolute Gasteiger partial charge is 0.457 e. The molecular weight excluding hydrogens is 292 g/mol. The Morgan fingerprint density at radius 1 is 1.06 bits per heavy atom. The van der Waals surface area contributed by atoms with Crippen LogP contribution in [-0.2, 0) is 0 Å². The lowest BCUT2D eigenvalue weighted by Crippen LogP contribution is -1.93. The molecule has 2 aromatic carbocycles. The molecule has 2 nitrogen and oxygen atoms in total. The second kappa shape index (κ2) is 5.55. The lowest BCUT2D eigenvalue weighted by Gasteiger charge is -2.10. The summed E-state index contributed by atoms with van der Waals surface area (Å²) in [5.41, 5.74) is 2.05. The third-order valence-corrected chi connectivity index (χ3v) is 3.37. The van der Waals surface area contributed by atoms with E-state index in [1.165, 1.54) is 5.56 Å². The normalized spacial score (nSPS) is 12.2. The molecule has 18 heavy (non-hydrogen) atoms. The van der Waals surface area contributed by atoms with Crippen LogP contribution in [0, 0.1) is 6.92 Å². The minimum Gasteiger partial charge on any atom is -0.457 e. The number of benzene rings is 2. The zero-order chi connectivity index (χ0) is 13.1. The van der Waals surface area contributed by atoms with Crippen molar-refractivity contribution < 1.29 is 9.84 Å². The summed E-state index contributed by atoms with van der Waals surface area (Å²) < 4.78 is 6.59. The van der Waals surface area contributed by atoms with Crippen LogP contribution in [0.25, 0.3) is 0 Å². The Hall–Kier alpha value is -1.32. The zero-order valence-corrected chi connectivity index (χ0v) is 11.9.